The fraction of sp³-hybridized carbons (Fsp3) is 0.933. The summed E-state index contributed by atoms with van der Waals surface area (Å²) in [6.07, 6.45) is 0.353. The maximum atomic E-state index is 11.6. The molecule has 146 valence electrons. The van der Waals surface area contributed by atoms with Gasteiger partial charge in [0.15, 0.2) is 0 Å². The van der Waals surface area contributed by atoms with Crippen molar-refractivity contribution in [3.8, 4) is 0 Å². The molecular weight excluding hydrogens is 352 g/mol. The fourth-order valence-corrected chi connectivity index (χ4v) is 4.57. The first-order valence-electron chi connectivity index (χ1n) is 8.41. The number of nitrogens with zero attached hydrogens (tertiary/aromatic N) is 1. The summed E-state index contributed by atoms with van der Waals surface area (Å²) in [7, 11) is 3.56. The minimum atomic E-state index is -2.61. The zero-order valence-electron chi connectivity index (χ0n) is 16.0. The number of nitrogens with one attached hydrogen (secondary N) is 1. The Labute approximate surface area is 154 Å². The lowest BCUT2D eigenvalue weighted by Gasteiger charge is -2.28. The van der Waals surface area contributed by atoms with Crippen molar-refractivity contribution >= 4 is 14.9 Å². The Bertz CT molecular complexity index is 312. The Morgan fingerprint density at radius 3 is 1.92 bits per heavy atom. The second-order valence-electron chi connectivity index (χ2n) is 6.16. The van der Waals surface area contributed by atoms with E-state index in [2.05, 4.69) is 26.5 Å². The zero-order chi connectivity index (χ0) is 17.8. The summed E-state index contributed by atoms with van der Waals surface area (Å²) in [6, 6.07) is 0.682. The number of ether oxygens (including phenoxy) is 1. The van der Waals surface area contributed by atoms with Crippen molar-refractivity contribution in [2.45, 2.75) is 33.2 Å². The molecule has 0 unspecified atom stereocenters. The van der Waals surface area contributed by atoms with E-state index >= 15 is 0 Å². The van der Waals surface area contributed by atoms with Gasteiger partial charge in [0.1, 0.15) is 13.2 Å². The summed E-state index contributed by atoms with van der Waals surface area (Å²) in [5, 5.41) is 2.76. The van der Waals surface area contributed by atoms with E-state index in [-0.39, 0.29) is 18.5 Å². The van der Waals surface area contributed by atoms with Gasteiger partial charge in [0, 0.05) is 32.4 Å². The first kappa shape index (κ1) is 25.9. The molecule has 1 amide bonds. The summed E-state index contributed by atoms with van der Waals surface area (Å²) in [6.45, 7) is 9.19. The predicted molar refractivity (Wildman–Crippen MR) is 92.3 cm³/mol. The minimum Gasteiger partial charge on any atom is -1.00 e. The maximum absolute atomic E-state index is 11.6. The van der Waals surface area contributed by atoms with Gasteiger partial charge in [-0.2, -0.15) is 0 Å². The SMILES string of the molecule is CCO[Si](CCCNC(=O)OCC[N+](C)(C)C)(OCC)OCC.[Cl-]. The summed E-state index contributed by atoms with van der Waals surface area (Å²) in [5.41, 5.74) is 0. The van der Waals surface area contributed by atoms with Crippen LogP contribution in [0.4, 0.5) is 4.79 Å². The van der Waals surface area contributed by atoms with Crippen LogP contribution in [0.1, 0.15) is 27.2 Å². The van der Waals surface area contributed by atoms with Crippen LogP contribution in [0.5, 0.6) is 0 Å². The Balaban J connectivity index is 0. The van der Waals surface area contributed by atoms with E-state index in [0.717, 1.165) is 17.4 Å². The van der Waals surface area contributed by atoms with E-state index < -0.39 is 8.80 Å². The highest BCUT2D eigenvalue weighted by Crippen LogP contribution is 2.17. The molecule has 0 radical (unpaired) electrons. The lowest BCUT2D eigenvalue weighted by Crippen LogP contribution is -3.00. The first-order chi connectivity index (χ1) is 10.8. The van der Waals surface area contributed by atoms with Gasteiger partial charge in [-0.3, -0.25) is 0 Å². The highest BCUT2D eigenvalue weighted by Gasteiger charge is 2.39. The lowest BCUT2D eigenvalue weighted by molar-refractivity contribution is -0.870. The van der Waals surface area contributed by atoms with Crippen LogP contribution in [0.2, 0.25) is 6.04 Å². The molecule has 0 heterocycles. The molecule has 0 spiro atoms. The van der Waals surface area contributed by atoms with Crippen molar-refractivity contribution in [3.63, 3.8) is 0 Å². The van der Waals surface area contributed by atoms with Crippen molar-refractivity contribution in [1.29, 1.82) is 0 Å². The third-order valence-electron chi connectivity index (χ3n) is 3.02. The molecule has 7 nitrogen and oxygen atoms in total. The highest BCUT2D eigenvalue weighted by molar-refractivity contribution is 6.60. The standard InChI is InChI=1S/C15H34N2O5Si.ClH/c1-7-20-23(21-8-2,22-9-3)14-10-11-16-15(18)19-13-12-17(4,5)6;/h7-14H2,1-6H3;1H. The molecular formula is C15H35ClN2O5Si. The Kier molecular flexibility index (Phi) is 14.9. The Hall–Kier alpha value is -0.383. The number of hydrogen-bond donors (Lipinski definition) is 1. The quantitative estimate of drug-likeness (QED) is 0.246. The van der Waals surface area contributed by atoms with Crippen molar-refractivity contribution in [2.75, 3.05) is 60.7 Å². The van der Waals surface area contributed by atoms with Gasteiger partial charge in [-0.05, 0) is 27.2 Å². The average Bonchev–Trinajstić information content (AvgIpc) is 2.43. The largest absolute Gasteiger partial charge is 1.00 e. The number of alkyl carbamates (subject to hydrolysis) is 1. The van der Waals surface area contributed by atoms with E-state index in [1.54, 1.807) is 0 Å². The molecule has 24 heavy (non-hydrogen) atoms. The van der Waals surface area contributed by atoms with Crippen LogP contribution in [-0.2, 0) is 18.0 Å². The van der Waals surface area contributed by atoms with Crippen LogP contribution < -0.4 is 17.7 Å². The first-order valence-corrected chi connectivity index (χ1v) is 10.3. The average molecular weight is 387 g/mol. The number of carbonyl (C=O) groups is 1. The molecule has 0 saturated carbocycles. The smallest absolute Gasteiger partial charge is 0.500 e. The fourth-order valence-electron chi connectivity index (χ4n) is 1.96. The molecule has 0 aromatic rings. The topological polar surface area (TPSA) is 66.0 Å². The molecule has 1 N–H and O–H groups in total. The van der Waals surface area contributed by atoms with Gasteiger partial charge in [0.2, 0.25) is 0 Å². The Morgan fingerprint density at radius 2 is 1.50 bits per heavy atom. The van der Waals surface area contributed by atoms with Crippen molar-refractivity contribution < 1.29 is 39.7 Å². The molecule has 0 aliphatic carbocycles. The molecule has 0 bridgehead atoms. The molecule has 0 aliphatic heterocycles. The van der Waals surface area contributed by atoms with E-state index in [4.69, 9.17) is 18.0 Å². The third-order valence-corrected chi connectivity index (χ3v) is 6.17. The molecule has 0 rings (SSSR count). The van der Waals surface area contributed by atoms with E-state index in [9.17, 15) is 4.79 Å². The number of quaternary nitrogens is 1. The van der Waals surface area contributed by atoms with Gasteiger partial charge in [-0.1, -0.05) is 0 Å². The molecule has 0 aromatic heterocycles. The second-order valence-corrected chi connectivity index (χ2v) is 8.89. The van der Waals surface area contributed by atoms with Crippen molar-refractivity contribution in [1.82, 2.24) is 5.32 Å². The van der Waals surface area contributed by atoms with Crippen LogP contribution in [-0.4, -0.2) is 80.0 Å². The van der Waals surface area contributed by atoms with Crippen LogP contribution in [0.15, 0.2) is 0 Å². The highest BCUT2D eigenvalue weighted by atomic mass is 35.5. The van der Waals surface area contributed by atoms with Crippen LogP contribution in [0, 0.1) is 0 Å². The second kappa shape index (κ2) is 13.9. The third kappa shape index (κ3) is 13.0. The van der Waals surface area contributed by atoms with Gasteiger partial charge in [-0.15, -0.1) is 0 Å². The van der Waals surface area contributed by atoms with E-state index in [1.165, 1.54) is 0 Å². The summed E-state index contributed by atoms with van der Waals surface area (Å²) in [5.74, 6) is 0. The van der Waals surface area contributed by atoms with Gasteiger partial charge in [0.05, 0.1) is 21.1 Å². The summed E-state index contributed by atoms with van der Waals surface area (Å²) < 4.78 is 23.2. The Morgan fingerprint density at radius 1 is 1.00 bits per heavy atom. The minimum absolute atomic E-state index is 0. The molecule has 9 heteroatoms. The number of likely N-dealkylation sites (N-methyl/N-ethyl adjacent to an activating group) is 1. The number of rotatable bonds is 13. The van der Waals surface area contributed by atoms with Gasteiger partial charge in [0.25, 0.3) is 0 Å². The number of carbonyl (C=O) groups excluding carboxylic acids is 1. The van der Waals surface area contributed by atoms with Crippen molar-refractivity contribution in [2.24, 2.45) is 0 Å². The zero-order valence-corrected chi connectivity index (χ0v) is 17.8. The molecule has 0 aliphatic rings. The summed E-state index contributed by atoms with van der Waals surface area (Å²) >= 11 is 0. The van der Waals surface area contributed by atoms with Crippen molar-refractivity contribution in [3.05, 3.63) is 0 Å². The van der Waals surface area contributed by atoms with Gasteiger partial charge >= 0.3 is 14.9 Å². The van der Waals surface area contributed by atoms with E-state index in [0.29, 0.717) is 39.0 Å². The van der Waals surface area contributed by atoms with Crippen LogP contribution in [0.3, 0.4) is 0 Å². The van der Waals surface area contributed by atoms with Gasteiger partial charge < -0.3 is 40.2 Å². The lowest BCUT2D eigenvalue weighted by atomic mass is 10.5. The predicted octanol–water partition coefficient (Wildman–Crippen LogP) is -1.14. The normalized spacial score (nSPS) is 11.8. The number of amides is 1. The number of hydrogen-bond acceptors (Lipinski definition) is 5. The molecule has 0 atom stereocenters. The monoisotopic (exact) mass is 386 g/mol. The van der Waals surface area contributed by atoms with E-state index in [1.807, 2.05) is 20.8 Å². The summed E-state index contributed by atoms with van der Waals surface area (Å²) in [4.78, 5) is 11.6. The van der Waals surface area contributed by atoms with Crippen LogP contribution in [0.25, 0.3) is 0 Å². The maximum Gasteiger partial charge on any atom is 0.500 e. The number of halogens is 1. The van der Waals surface area contributed by atoms with Crippen LogP contribution >= 0.6 is 0 Å². The molecule has 0 aromatic carbocycles. The molecule has 0 fully saturated rings. The molecule has 0 saturated heterocycles. The van der Waals surface area contributed by atoms with Gasteiger partial charge in [-0.25, -0.2) is 4.79 Å².